The number of aldehydes is 1. The van der Waals surface area contributed by atoms with Crippen LogP contribution in [0, 0.1) is 0 Å². The van der Waals surface area contributed by atoms with Crippen molar-refractivity contribution in [1.29, 1.82) is 0 Å². The van der Waals surface area contributed by atoms with E-state index in [2.05, 4.69) is 5.32 Å². The quantitative estimate of drug-likeness (QED) is 0.655. The predicted molar refractivity (Wildman–Crippen MR) is 107 cm³/mol. The number of nitrogens with one attached hydrogen (secondary N) is 1. The van der Waals surface area contributed by atoms with E-state index < -0.39 is 0 Å². The molecule has 0 aromatic heterocycles. The molecule has 0 saturated heterocycles. The highest BCUT2D eigenvalue weighted by Crippen LogP contribution is 2.26. The lowest BCUT2D eigenvalue weighted by atomic mass is 10.0. The lowest BCUT2D eigenvalue weighted by molar-refractivity contribution is -0.123. The van der Waals surface area contributed by atoms with Crippen LogP contribution in [0.4, 0.5) is 5.69 Å². The summed E-state index contributed by atoms with van der Waals surface area (Å²) in [5, 5.41) is 4.59. The summed E-state index contributed by atoms with van der Waals surface area (Å²) in [4.78, 5) is 25.6. The molecule has 0 radical (unpaired) electrons. The molecule has 0 aliphatic carbocycles. The molecule has 3 rings (SSSR count). The van der Waals surface area contributed by atoms with Crippen molar-refractivity contribution < 1.29 is 14.3 Å². The first kappa shape index (κ1) is 18.5. The molecule has 0 heterocycles. The summed E-state index contributed by atoms with van der Waals surface area (Å²) >= 11 is 0. The summed E-state index contributed by atoms with van der Waals surface area (Å²) in [6.45, 7) is 0.281. The number of carbonyl (C=O) groups is 2. The lowest BCUT2D eigenvalue weighted by Gasteiger charge is -2.13. The van der Waals surface area contributed by atoms with E-state index in [1.807, 2.05) is 73.6 Å². The van der Waals surface area contributed by atoms with Crippen LogP contribution >= 0.6 is 0 Å². The van der Waals surface area contributed by atoms with Crippen LogP contribution in [-0.2, 0) is 11.3 Å². The molecule has 0 aliphatic heterocycles. The van der Waals surface area contributed by atoms with Crippen LogP contribution in [0.15, 0.2) is 60.7 Å². The maximum absolute atomic E-state index is 12.1. The highest BCUT2D eigenvalue weighted by atomic mass is 16.5. The maximum atomic E-state index is 12.1. The van der Waals surface area contributed by atoms with Gasteiger partial charge in [-0.1, -0.05) is 42.5 Å². The maximum Gasteiger partial charge on any atom is 0.258 e. The molecule has 0 saturated carbocycles. The van der Waals surface area contributed by atoms with E-state index in [4.69, 9.17) is 4.74 Å². The Morgan fingerprint density at radius 2 is 1.78 bits per heavy atom. The van der Waals surface area contributed by atoms with Gasteiger partial charge in [-0.2, -0.15) is 0 Å². The van der Waals surface area contributed by atoms with Gasteiger partial charge in [-0.25, -0.2) is 0 Å². The van der Waals surface area contributed by atoms with Crippen LogP contribution < -0.4 is 15.0 Å². The monoisotopic (exact) mass is 362 g/mol. The number of carbonyl (C=O) groups excluding carboxylic acids is 2. The minimum atomic E-state index is -0.239. The zero-order valence-corrected chi connectivity index (χ0v) is 15.4. The number of ether oxygens (including phenoxy) is 1. The average Bonchev–Trinajstić information content (AvgIpc) is 2.70. The van der Waals surface area contributed by atoms with Gasteiger partial charge in [0.25, 0.3) is 5.91 Å². The van der Waals surface area contributed by atoms with Crippen LogP contribution in [0.3, 0.4) is 0 Å². The van der Waals surface area contributed by atoms with E-state index in [0.29, 0.717) is 17.9 Å². The first-order valence-corrected chi connectivity index (χ1v) is 8.71. The molecule has 3 aromatic carbocycles. The topological polar surface area (TPSA) is 58.6 Å². The van der Waals surface area contributed by atoms with Gasteiger partial charge in [-0.05, 0) is 34.5 Å². The highest BCUT2D eigenvalue weighted by molar-refractivity contribution is 6.00. The SMILES string of the molecule is CN(C)c1ccc(CNC(=O)COc2ccc3ccccc3c2C=O)cc1. The Morgan fingerprint density at radius 1 is 1.04 bits per heavy atom. The second-order valence-electron chi connectivity index (χ2n) is 6.44. The van der Waals surface area contributed by atoms with Crippen LogP contribution in [0.25, 0.3) is 10.8 Å². The molecule has 0 spiro atoms. The third kappa shape index (κ3) is 4.44. The Kier molecular flexibility index (Phi) is 5.71. The number of benzene rings is 3. The summed E-state index contributed by atoms with van der Waals surface area (Å²) in [6.07, 6.45) is 0.766. The van der Waals surface area contributed by atoms with Gasteiger partial charge in [0.1, 0.15) is 5.75 Å². The van der Waals surface area contributed by atoms with Crippen molar-refractivity contribution in [1.82, 2.24) is 5.32 Å². The minimum Gasteiger partial charge on any atom is -0.483 e. The Bertz CT molecular complexity index is 949. The molecule has 5 nitrogen and oxygen atoms in total. The van der Waals surface area contributed by atoms with Gasteiger partial charge in [0.05, 0.1) is 5.56 Å². The molecule has 3 aromatic rings. The van der Waals surface area contributed by atoms with E-state index in [9.17, 15) is 9.59 Å². The standard InChI is InChI=1S/C22H22N2O3/c1-24(2)18-10-7-16(8-11-18)13-23-22(26)15-27-21-12-9-17-5-3-4-6-19(17)20(21)14-25/h3-12,14H,13,15H2,1-2H3,(H,23,26). The van der Waals surface area contributed by atoms with Crippen molar-refractivity contribution in [3.05, 3.63) is 71.8 Å². The molecule has 0 fully saturated rings. The van der Waals surface area contributed by atoms with Gasteiger partial charge in [-0.3, -0.25) is 9.59 Å². The number of fused-ring (bicyclic) bond motifs is 1. The zero-order valence-electron chi connectivity index (χ0n) is 15.4. The molecule has 0 aliphatic rings. The Labute approximate surface area is 158 Å². The van der Waals surface area contributed by atoms with Gasteiger partial charge >= 0.3 is 0 Å². The normalized spacial score (nSPS) is 10.4. The number of amides is 1. The Morgan fingerprint density at radius 3 is 2.48 bits per heavy atom. The highest BCUT2D eigenvalue weighted by Gasteiger charge is 2.10. The summed E-state index contributed by atoms with van der Waals surface area (Å²) in [5.41, 5.74) is 2.57. The third-order valence-corrected chi connectivity index (χ3v) is 4.35. The van der Waals surface area contributed by atoms with E-state index in [1.54, 1.807) is 6.07 Å². The fourth-order valence-electron chi connectivity index (χ4n) is 2.83. The van der Waals surface area contributed by atoms with Crippen molar-refractivity contribution in [2.75, 3.05) is 25.6 Å². The Balaban J connectivity index is 1.59. The van der Waals surface area contributed by atoms with Crippen molar-refractivity contribution in [2.45, 2.75) is 6.54 Å². The number of nitrogens with zero attached hydrogens (tertiary/aromatic N) is 1. The van der Waals surface area contributed by atoms with Crippen molar-refractivity contribution in [3.63, 3.8) is 0 Å². The fraction of sp³-hybridized carbons (Fsp3) is 0.182. The van der Waals surface area contributed by atoms with Gasteiger partial charge in [0.2, 0.25) is 0 Å². The molecule has 0 atom stereocenters. The second kappa shape index (κ2) is 8.36. The first-order valence-electron chi connectivity index (χ1n) is 8.71. The molecular formula is C22H22N2O3. The van der Waals surface area contributed by atoms with Crippen LogP contribution in [-0.4, -0.2) is 32.9 Å². The zero-order chi connectivity index (χ0) is 19.2. The molecule has 5 heteroatoms. The second-order valence-corrected chi connectivity index (χ2v) is 6.44. The van der Waals surface area contributed by atoms with Gasteiger partial charge in [0.15, 0.2) is 12.9 Å². The summed E-state index contributed by atoms with van der Waals surface area (Å²) in [5.74, 6) is 0.172. The molecule has 0 bridgehead atoms. The first-order chi connectivity index (χ1) is 13.1. The smallest absolute Gasteiger partial charge is 0.258 e. The minimum absolute atomic E-state index is 0.144. The third-order valence-electron chi connectivity index (χ3n) is 4.35. The van der Waals surface area contributed by atoms with Gasteiger partial charge in [-0.15, -0.1) is 0 Å². The average molecular weight is 362 g/mol. The van der Waals surface area contributed by atoms with Crippen LogP contribution in [0.1, 0.15) is 15.9 Å². The van der Waals surface area contributed by atoms with E-state index in [-0.39, 0.29) is 12.5 Å². The summed E-state index contributed by atoms with van der Waals surface area (Å²) < 4.78 is 5.59. The Hall–Kier alpha value is -3.34. The van der Waals surface area contributed by atoms with Crippen LogP contribution in [0.2, 0.25) is 0 Å². The fourth-order valence-corrected chi connectivity index (χ4v) is 2.83. The summed E-state index contributed by atoms with van der Waals surface area (Å²) in [7, 11) is 3.96. The number of hydrogen-bond donors (Lipinski definition) is 1. The number of hydrogen-bond acceptors (Lipinski definition) is 4. The molecule has 1 amide bonds. The van der Waals surface area contributed by atoms with Crippen molar-refractivity contribution in [2.24, 2.45) is 0 Å². The van der Waals surface area contributed by atoms with E-state index >= 15 is 0 Å². The van der Waals surface area contributed by atoms with E-state index in [0.717, 1.165) is 28.3 Å². The predicted octanol–water partition coefficient (Wildman–Crippen LogP) is 3.41. The lowest BCUT2D eigenvalue weighted by Crippen LogP contribution is -2.28. The number of anilines is 1. The largest absolute Gasteiger partial charge is 0.483 e. The van der Waals surface area contributed by atoms with Crippen molar-refractivity contribution in [3.8, 4) is 5.75 Å². The molecule has 138 valence electrons. The molecular weight excluding hydrogens is 340 g/mol. The molecule has 0 unspecified atom stereocenters. The molecule has 1 N–H and O–H groups in total. The number of rotatable bonds is 7. The summed E-state index contributed by atoms with van der Waals surface area (Å²) in [6, 6.07) is 19.1. The molecule has 27 heavy (non-hydrogen) atoms. The van der Waals surface area contributed by atoms with Gasteiger partial charge in [0, 0.05) is 26.3 Å². The van der Waals surface area contributed by atoms with Crippen molar-refractivity contribution >= 4 is 28.7 Å². The van der Waals surface area contributed by atoms with Gasteiger partial charge < -0.3 is 15.0 Å². The van der Waals surface area contributed by atoms with Crippen LogP contribution in [0.5, 0.6) is 5.75 Å². The van der Waals surface area contributed by atoms with E-state index in [1.165, 1.54) is 0 Å².